The molecule has 2 rings (SSSR count). The number of hydrogen-bond donors (Lipinski definition) is 3. The maximum absolute atomic E-state index is 9.45. The first kappa shape index (κ1) is 12.8. The van der Waals surface area contributed by atoms with E-state index in [1.54, 1.807) is 11.3 Å². The first-order valence-electron chi connectivity index (χ1n) is 5.96. The first-order valence-corrected chi connectivity index (χ1v) is 6.77. The predicted octanol–water partition coefficient (Wildman–Crippen LogP) is 0.502. The van der Waals surface area contributed by atoms with E-state index in [-0.39, 0.29) is 0 Å². The summed E-state index contributed by atoms with van der Waals surface area (Å²) < 4.78 is 0. The van der Waals surface area contributed by atoms with Gasteiger partial charge in [-0.2, -0.15) is 0 Å². The molecule has 1 aliphatic rings. The monoisotopic (exact) mass is 257 g/mol. The van der Waals surface area contributed by atoms with Gasteiger partial charge in [0.25, 0.3) is 0 Å². The van der Waals surface area contributed by atoms with E-state index >= 15 is 0 Å². The normalized spacial score (nSPS) is 25.4. The van der Waals surface area contributed by atoms with Crippen LogP contribution in [0.25, 0.3) is 0 Å². The van der Waals surface area contributed by atoms with Crippen LogP contribution in [0.15, 0.2) is 6.20 Å². The highest BCUT2D eigenvalue weighted by molar-refractivity contribution is 7.15. The number of aromatic nitrogens is 1. The number of thiazole rings is 1. The molecule has 0 radical (unpaired) electrons. The topological polar surface area (TPSA) is 68.6 Å². The second kappa shape index (κ2) is 5.77. The highest BCUT2D eigenvalue weighted by Gasteiger charge is 2.29. The Hall–Kier alpha value is -0.690. The van der Waals surface area contributed by atoms with Crippen LogP contribution in [0.2, 0.25) is 0 Å². The molecule has 3 N–H and O–H groups in total. The molecule has 0 aromatic carbocycles. The van der Waals surface area contributed by atoms with Crippen molar-refractivity contribution in [1.82, 2.24) is 9.88 Å². The van der Waals surface area contributed by atoms with Crippen molar-refractivity contribution in [1.29, 1.82) is 0 Å². The van der Waals surface area contributed by atoms with E-state index in [1.165, 1.54) is 0 Å². The molecule has 1 aromatic rings. The molecule has 2 heterocycles. The Labute approximate surface area is 105 Å². The van der Waals surface area contributed by atoms with Gasteiger partial charge in [-0.15, -0.1) is 11.3 Å². The van der Waals surface area contributed by atoms with Gasteiger partial charge in [-0.3, -0.25) is 4.90 Å². The fourth-order valence-corrected chi connectivity index (χ4v) is 2.77. The minimum absolute atomic E-state index is 0.538. The lowest BCUT2D eigenvalue weighted by Gasteiger charge is -2.12. The second-order valence-corrected chi connectivity index (χ2v) is 5.50. The molecule has 1 aliphatic heterocycles. The van der Waals surface area contributed by atoms with E-state index < -0.39 is 12.2 Å². The maximum Gasteiger partial charge on any atom is 0.182 e. The molecule has 96 valence electrons. The van der Waals surface area contributed by atoms with Gasteiger partial charge in [-0.25, -0.2) is 4.98 Å². The zero-order valence-corrected chi connectivity index (χ0v) is 10.8. The van der Waals surface area contributed by atoms with Crippen molar-refractivity contribution in [2.45, 2.75) is 32.1 Å². The first-order chi connectivity index (χ1) is 8.19. The van der Waals surface area contributed by atoms with Crippen LogP contribution in [-0.2, 0) is 6.54 Å². The Kier molecular flexibility index (Phi) is 4.33. The summed E-state index contributed by atoms with van der Waals surface area (Å²) in [5.41, 5.74) is 0. The largest absolute Gasteiger partial charge is 0.389 e. The third kappa shape index (κ3) is 3.38. The summed E-state index contributed by atoms with van der Waals surface area (Å²) in [6, 6.07) is 0. The minimum Gasteiger partial charge on any atom is -0.389 e. The third-order valence-electron chi connectivity index (χ3n) is 2.79. The van der Waals surface area contributed by atoms with Crippen molar-refractivity contribution in [3.63, 3.8) is 0 Å². The van der Waals surface area contributed by atoms with Crippen LogP contribution >= 0.6 is 11.3 Å². The Morgan fingerprint density at radius 1 is 1.47 bits per heavy atom. The molecule has 1 saturated heterocycles. The fourth-order valence-electron chi connectivity index (χ4n) is 1.89. The number of rotatable bonds is 5. The smallest absolute Gasteiger partial charge is 0.182 e. The number of likely N-dealkylation sites (tertiary alicyclic amines) is 1. The minimum atomic E-state index is -0.611. The molecule has 5 nitrogen and oxygen atoms in total. The lowest BCUT2D eigenvalue weighted by atomic mass is 10.3. The number of aliphatic hydroxyl groups is 2. The highest BCUT2D eigenvalue weighted by Crippen LogP contribution is 2.21. The third-order valence-corrected chi connectivity index (χ3v) is 3.73. The number of anilines is 1. The molecule has 0 amide bonds. The SMILES string of the molecule is CCCNc1ncc(CN2CC(O)C(O)C2)s1. The highest BCUT2D eigenvalue weighted by atomic mass is 32.1. The van der Waals surface area contributed by atoms with Crippen LogP contribution in [0.5, 0.6) is 0 Å². The van der Waals surface area contributed by atoms with Gasteiger partial charge >= 0.3 is 0 Å². The summed E-state index contributed by atoms with van der Waals surface area (Å²) in [4.78, 5) is 7.49. The molecule has 2 unspecified atom stereocenters. The molecule has 17 heavy (non-hydrogen) atoms. The molecule has 0 spiro atoms. The summed E-state index contributed by atoms with van der Waals surface area (Å²) >= 11 is 1.63. The number of aliphatic hydroxyl groups excluding tert-OH is 2. The van der Waals surface area contributed by atoms with E-state index in [0.717, 1.165) is 29.5 Å². The summed E-state index contributed by atoms with van der Waals surface area (Å²) in [5.74, 6) is 0. The van der Waals surface area contributed by atoms with Gasteiger partial charge in [0.15, 0.2) is 5.13 Å². The second-order valence-electron chi connectivity index (χ2n) is 4.39. The Morgan fingerprint density at radius 2 is 2.18 bits per heavy atom. The Morgan fingerprint density at radius 3 is 2.82 bits per heavy atom. The summed E-state index contributed by atoms with van der Waals surface area (Å²) in [6.07, 6.45) is 1.72. The van der Waals surface area contributed by atoms with Crippen molar-refractivity contribution >= 4 is 16.5 Å². The standard InChI is InChI=1S/C11H19N3O2S/c1-2-3-12-11-13-4-8(17-11)5-14-6-9(15)10(16)7-14/h4,9-10,15-16H,2-3,5-7H2,1H3,(H,12,13). The van der Waals surface area contributed by atoms with E-state index in [9.17, 15) is 10.2 Å². The van der Waals surface area contributed by atoms with E-state index in [2.05, 4.69) is 17.2 Å². The number of nitrogens with zero attached hydrogens (tertiary/aromatic N) is 2. The van der Waals surface area contributed by atoms with E-state index in [0.29, 0.717) is 13.1 Å². The Balaban J connectivity index is 1.85. The average Bonchev–Trinajstić information content (AvgIpc) is 2.85. The van der Waals surface area contributed by atoms with Crippen molar-refractivity contribution < 1.29 is 10.2 Å². The van der Waals surface area contributed by atoms with Crippen molar-refractivity contribution in [3.05, 3.63) is 11.1 Å². The summed E-state index contributed by atoms with van der Waals surface area (Å²) in [5, 5.41) is 23.1. The van der Waals surface area contributed by atoms with Gasteiger partial charge in [0, 0.05) is 37.3 Å². The lowest BCUT2D eigenvalue weighted by molar-refractivity contribution is 0.0572. The average molecular weight is 257 g/mol. The molecule has 1 fully saturated rings. The molecule has 2 atom stereocenters. The van der Waals surface area contributed by atoms with E-state index in [4.69, 9.17) is 0 Å². The van der Waals surface area contributed by atoms with Crippen LogP contribution < -0.4 is 5.32 Å². The fraction of sp³-hybridized carbons (Fsp3) is 0.727. The van der Waals surface area contributed by atoms with Gasteiger partial charge in [0.05, 0.1) is 12.2 Å². The van der Waals surface area contributed by atoms with Crippen molar-refractivity contribution in [2.75, 3.05) is 25.0 Å². The van der Waals surface area contributed by atoms with Crippen LogP contribution in [0, 0.1) is 0 Å². The molecule has 0 aliphatic carbocycles. The van der Waals surface area contributed by atoms with E-state index in [1.807, 2.05) is 11.1 Å². The molecule has 1 aromatic heterocycles. The molecular formula is C11H19N3O2S. The number of nitrogens with one attached hydrogen (secondary N) is 1. The van der Waals surface area contributed by atoms with Gasteiger partial charge in [0.1, 0.15) is 0 Å². The predicted molar refractivity (Wildman–Crippen MR) is 68.2 cm³/mol. The molecule has 6 heteroatoms. The zero-order valence-electron chi connectivity index (χ0n) is 9.96. The molecule has 0 saturated carbocycles. The van der Waals surface area contributed by atoms with Crippen LogP contribution in [0.3, 0.4) is 0 Å². The van der Waals surface area contributed by atoms with Crippen molar-refractivity contribution in [3.8, 4) is 0 Å². The van der Waals surface area contributed by atoms with Gasteiger partial charge < -0.3 is 15.5 Å². The van der Waals surface area contributed by atoms with Gasteiger partial charge in [-0.1, -0.05) is 6.92 Å². The Bertz CT molecular complexity index is 348. The summed E-state index contributed by atoms with van der Waals surface area (Å²) in [6.45, 7) is 4.88. The van der Waals surface area contributed by atoms with Gasteiger partial charge in [0.2, 0.25) is 0 Å². The maximum atomic E-state index is 9.45. The quantitative estimate of drug-likeness (QED) is 0.717. The lowest BCUT2D eigenvalue weighted by Crippen LogP contribution is -2.22. The summed E-state index contributed by atoms with van der Waals surface area (Å²) in [7, 11) is 0. The zero-order chi connectivity index (χ0) is 12.3. The molecular weight excluding hydrogens is 238 g/mol. The van der Waals surface area contributed by atoms with Gasteiger partial charge in [-0.05, 0) is 6.42 Å². The number of hydrogen-bond acceptors (Lipinski definition) is 6. The van der Waals surface area contributed by atoms with Crippen LogP contribution in [-0.4, -0.2) is 51.9 Å². The van der Waals surface area contributed by atoms with Crippen molar-refractivity contribution in [2.24, 2.45) is 0 Å². The molecule has 0 bridgehead atoms. The van der Waals surface area contributed by atoms with Crippen LogP contribution in [0.4, 0.5) is 5.13 Å². The van der Waals surface area contributed by atoms with Crippen LogP contribution in [0.1, 0.15) is 18.2 Å². The number of β-amino-alcohol motifs (C(OH)–C–C–N with tert-alkyl or cyclic N) is 2.